The van der Waals surface area contributed by atoms with Gasteiger partial charge in [0, 0.05) is 6.92 Å². The molecule has 0 aliphatic carbocycles. The Balaban J connectivity index is 5.36. The minimum Gasteiger partial charge on any atom is -0.465 e. The quantitative estimate of drug-likeness (QED) is 0.258. The van der Waals surface area contributed by atoms with Crippen LogP contribution in [0, 0.1) is 0 Å². The summed E-state index contributed by atoms with van der Waals surface area (Å²) in [6, 6.07) is 0. The minimum atomic E-state index is -0.568. The maximum Gasteiger partial charge on any atom is 0.341 e. The molecule has 0 fully saturated rings. The number of carbonyl (C=O) groups is 2. The van der Waals surface area contributed by atoms with Gasteiger partial charge in [-0.1, -0.05) is 22.0 Å². The van der Waals surface area contributed by atoms with Crippen LogP contribution in [0.1, 0.15) is 20.3 Å². The average molecular weight is 303 g/mol. The van der Waals surface area contributed by atoms with Gasteiger partial charge in [-0.15, -0.1) is 6.58 Å². The number of ether oxygens (including phenoxy) is 2. The maximum absolute atomic E-state index is 11.6. The number of methoxy groups -OCH3 is 1. The van der Waals surface area contributed by atoms with Crippen LogP contribution in [0.2, 0.25) is 0 Å². The molecule has 0 rings (SSSR count). The van der Waals surface area contributed by atoms with Crippen molar-refractivity contribution in [1.29, 1.82) is 0 Å². The van der Waals surface area contributed by atoms with Crippen LogP contribution in [0.25, 0.3) is 0 Å². The summed E-state index contributed by atoms with van der Waals surface area (Å²) in [5, 5.41) is 0. The van der Waals surface area contributed by atoms with Gasteiger partial charge in [0.25, 0.3) is 0 Å². The third-order valence-corrected chi connectivity index (χ3v) is 2.32. The molecule has 0 heterocycles. The van der Waals surface area contributed by atoms with Crippen molar-refractivity contribution >= 4 is 27.9 Å². The zero-order valence-electron chi connectivity index (χ0n) is 10.1. The Labute approximate surface area is 109 Å². The fourth-order valence-corrected chi connectivity index (χ4v) is 1.45. The second-order valence-corrected chi connectivity index (χ2v) is 4.33. The number of rotatable bonds is 5. The van der Waals surface area contributed by atoms with Crippen LogP contribution >= 0.6 is 15.9 Å². The highest BCUT2D eigenvalue weighted by Crippen LogP contribution is 2.24. The van der Waals surface area contributed by atoms with Crippen LogP contribution in [0.15, 0.2) is 34.5 Å². The van der Waals surface area contributed by atoms with Gasteiger partial charge in [0.2, 0.25) is 0 Å². The molecule has 0 unspecified atom stereocenters. The molecule has 17 heavy (non-hydrogen) atoms. The summed E-state index contributed by atoms with van der Waals surface area (Å²) in [4.78, 5) is 22.3. The zero-order chi connectivity index (χ0) is 13.4. The molecule has 0 saturated heterocycles. The van der Waals surface area contributed by atoms with Crippen molar-refractivity contribution in [3.05, 3.63) is 34.5 Å². The van der Waals surface area contributed by atoms with Crippen molar-refractivity contribution in [3.8, 4) is 0 Å². The summed E-state index contributed by atoms with van der Waals surface area (Å²) in [6.45, 7) is 6.64. The van der Waals surface area contributed by atoms with E-state index in [0.29, 0.717) is 12.0 Å². The molecular formula is C12H15BrO4. The van der Waals surface area contributed by atoms with Crippen molar-refractivity contribution in [2.75, 3.05) is 7.11 Å². The number of halogens is 1. The first kappa shape index (κ1) is 15.6. The second-order valence-electron chi connectivity index (χ2n) is 3.14. The van der Waals surface area contributed by atoms with Crippen molar-refractivity contribution in [1.82, 2.24) is 0 Å². The van der Waals surface area contributed by atoms with Crippen LogP contribution in [0.4, 0.5) is 0 Å². The van der Waals surface area contributed by atoms with Crippen LogP contribution in [-0.4, -0.2) is 19.0 Å². The van der Waals surface area contributed by atoms with Crippen LogP contribution in [-0.2, 0) is 19.1 Å². The number of carbonyl (C=O) groups excluding carboxylic acids is 2. The van der Waals surface area contributed by atoms with E-state index in [1.165, 1.54) is 14.0 Å². The third kappa shape index (κ3) is 5.49. The molecule has 0 aliphatic heterocycles. The van der Waals surface area contributed by atoms with E-state index in [1.807, 2.05) is 0 Å². The molecule has 0 aromatic rings. The molecule has 0 atom stereocenters. The summed E-state index contributed by atoms with van der Waals surface area (Å²) in [5.74, 6) is -1.07. The lowest BCUT2D eigenvalue weighted by Gasteiger charge is -2.09. The van der Waals surface area contributed by atoms with Gasteiger partial charge >= 0.3 is 11.9 Å². The van der Waals surface area contributed by atoms with E-state index in [0.717, 1.165) is 10.7 Å². The van der Waals surface area contributed by atoms with Gasteiger partial charge in [-0.05, 0) is 23.4 Å². The molecule has 0 N–H and O–H groups in total. The van der Waals surface area contributed by atoms with Crippen molar-refractivity contribution in [3.63, 3.8) is 0 Å². The Morgan fingerprint density at radius 2 is 1.94 bits per heavy atom. The van der Waals surface area contributed by atoms with E-state index in [9.17, 15) is 9.59 Å². The molecular weight excluding hydrogens is 288 g/mol. The molecule has 0 saturated carbocycles. The Bertz CT molecular complexity index is 376. The summed E-state index contributed by atoms with van der Waals surface area (Å²) >= 11 is 3.29. The van der Waals surface area contributed by atoms with E-state index in [2.05, 4.69) is 27.2 Å². The van der Waals surface area contributed by atoms with Crippen molar-refractivity contribution < 1.29 is 19.1 Å². The number of hydrogen-bond donors (Lipinski definition) is 0. The fourth-order valence-electron chi connectivity index (χ4n) is 1.07. The molecule has 0 aromatic heterocycles. The molecule has 4 nitrogen and oxygen atoms in total. The smallest absolute Gasteiger partial charge is 0.341 e. The fraction of sp³-hybridized carbons (Fsp3) is 0.333. The lowest BCUT2D eigenvalue weighted by molar-refractivity contribution is -0.136. The number of esters is 2. The van der Waals surface area contributed by atoms with E-state index in [4.69, 9.17) is 4.74 Å². The lowest BCUT2D eigenvalue weighted by atomic mass is 10.0. The zero-order valence-corrected chi connectivity index (χ0v) is 11.7. The molecule has 0 radical (unpaired) electrons. The second kappa shape index (κ2) is 7.84. The molecule has 0 bridgehead atoms. The average Bonchev–Trinajstić information content (AvgIpc) is 2.26. The third-order valence-electron chi connectivity index (χ3n) is 1.84. The highest BCUT2D eigenvalue weighted by Gasteiger charge is 2.17. The normalized spacial score (nSPS) is 12.6. The summed E-state index contributed by atoms with van der Waals surface area (Å²) in [5.41, 5.74) is 0.852. The van der Waals surface area contributed by atoms with E-state index in [-0.39, 0.29) is 5.57 Å². The summed E-state index contributed by atoms with van der Waals surface area (Å²) < 4.78 is 10.1. The van der Waals surface area contributed by atoms with E-state index >= 15 is 0 Å². The van der Waals surface area contributed by atoms with E-state index < -0.39 is 11.9 Å². The highest BCUT2D eigenvalue weighted by molar-refractivity contribution is 9.11. The molecule has 0 aromatic carbocycles. The molecule has 0 aliphatic rings. The standard InChI is InChI=1S/C12H15BrO4/c1-5-6-10(8(2)13)11(12(15)16-4)7-17-9(3)14/h5,7H,1,6H2,2-4H3/b10-8+,11-7+. The van der Waals surface area contributed by atoms with Crippen LogP contribution < -0.4 is 0 Å². The number of allylic oxidation sites excluding steroid dienone is 2. The number of hydrogen-bond acceptors (Lipinski definition) is 4. The Hall–Kier alpha value is -1.36. The molecule has 0 spiro atoms. The van der Waals surface area contributed by atoms with E-state index in [1.54, 1.807) is 13.0 Å². The Morgan fingerprint density at radius 3 is 2.29 bits per heavy atom. The monoisotopic (exact) mass is 302 g/mol. The van der Waals surface area contributed by atoms with Gasteiger partial charge in [0.15, 0.2) is 0 Å². The Kier molecular flexibility index (Phi) is 7.21. The van der Waals surface area contributed by atoms with Gasteiger partial charge in [-0.3, -0.25) is 4.79 Å². The minimum absolute atomic E-state index is 0.192. The highest BCUT2D eigenvalue weighted by atomic mass is 79.9. The van der Waals surface area contributed by atoms with Gasteiger partial charge in [0.05, 0.1) is 12.7 Å². The maximum atomic E-state index is 11.6. The summed E-state index contributed by atoms with van der Waals surface area (Å²) in [6.07, 6.45) is 3.20. The van der Waals surface area contributed by atoms with Gasteiger partial charge in [-0.25, -0.2) is 4.79 Å². The van der Waals surface area contributed by atoms with Crippen LogP contribution in [0.5, 0.6) is 0 Å². The predicted molar refractivity (Wildman–Crippen MR) is 68.3 cm³/mol. The first-order valence-corrected chi connectivity index (χ1v) is 5.65. The largest absolute Gasteiger partial charge is 0.465 e. The predicted octanol–water partition coefficient (Wildman–Crippen LogP) is 2.85. The Morgan fingerprint density at radius 1 is 1.35 bits per heavy atom. The lowest BCUT2D eigenvalue weighted by Crippen LogP contribution is -2.09. The molecule has 94 valence electrons. The SMILES string of the molecule is C=CCC(/C(=C\OC(C)=O)C(=O)OC)=C(/C)Br. The topological polar surface area (TPSA) is 52.6 Å². The summed E-state index contributed by atoms with van der Waals surface area (Å²) in [7, 11) is 1.26. The van der Waals surface area contributed by atoms with Gasteiger partial charge in [-0.2, -0.15) is 0 Å². The van der Waals surface area contributed by atoms with Crippen molar-refractivity contribution in [2.45, 2.75) is 20.3 Å². The van der Waals surface area contributed by atoms with Gasteiger partial charge in [0.1, 0.15) is 6.26 Å². The van der Waals surface area contributed by atoms with Gasteiger partial charge < -0.3 is 9.47 Å². The van der Waals surface area contributed by atoms with Crippen molar-refractivity contribution in [2.24, 2.45) is 0 Å². The first-order chi connectivity index (χ1) is 7.93. The molecule has 5 heteroatoms. The van der Waals surface area contributed by atoms with Crippen LogP contribution in [0.3, 0.4) is 0 Å². The molecule has 0 amide bonds. The first-order valence-electron chi connectivity index (χ1n) is 4.86.